The lowest BCUT2D eigenvalue weighted by Gasteiger charge is -2.11. The number of hydrogen-bond donors (Lipinski definition) is 2. The third kappa shape index (κ3) is 4.68. The van der Waals surface area contributed by atoms with Crippen molar-refractivity contribution in [2.24, 2.45) is 0 Å². The molecule has 2 N–H and O–H groups in total. The predicted octanol–water partition coefficient (Wildman–Crippen LogP) is 1.61. The molecule has 0 bridgehead atoms. The summed E-state index contributed by atoms with van der Waals surface area (Å²) < 4.78 is 4.92. The molecule has 18 heavy (non-hydrogen) atoms. The first-order chi connectivity index (χ1) is 8.52. The number of carbonyl (C=O) groups is 2. The molecule has 0 aliphatic carbocycles. The Morgan fingerprint density at radius 2 is 2.33 bits per heavy atom. The first kappa shape index (κ1) is 14.4. The van der Waals surface area contributed by atoms with Gasteiger partial charge >= 0.3 is 5.97 Å². The number of nitrogens with one attached hydrogen (secondary N) is 1. The number of ether oxygens (including phenoxy) is 1. The van der Waals surface area contributed by atoms with Crippen LogP contribution in [0.5, 0.6) is 0 Å². The van der Waals surface area contributed by atoms with Crippen LogP contribution in [0.15, 0.2) is 17.5 Å². The highest BCUT2D eigenvalue weighted by atomic mass is 32.1. The number of carbonyl (C=O) groups excluding carboxylic acids is 1. The second kappa shape index (κ2) is 6.93. The average Bonchev–Trinajstić information content (AvgIpc) is 2.75. The molecule has 0 saturated heterocycles. The summed E-state index contributed by atoms with van der Waals surface area (Å²) >= 11 is 1.32. The van der Waals surface area contributed by atoms with Crippen molar-refractivity contribution in [2.75, 3.05) is 13.7 Å². The number of thiophene rings is 1. The van der Waals surface area contributed by atoms with E-state index in [9.17, 15) is 9.59 Å². The van der Waals surface area contributed by atoms with E-state index in [1.165, 1.54) is 17.4 Å². The molecule has 1 amide bonds. The molecule has 5 nitrogen and oxygen atoms in total. The van der Waals surface area contributed by atoms with Crippen molar-refractivity contribution in [1.82, 2.24) is 5.32 Å². The number of carboxylic acid groups (broad SMARTS) is 1. The maximum absolute atomic E-state index is 11.8. The Morgan fingerprint density at radius 1 is 1.61 bits per heavy atom. The first-order valence-corrected chi connectivity index (χ1v) is 6.20. The van der Waals surface area contributed by atoms with Crippen molar-refractivity contribution in [1.29, 1.82) is 0 Å². The van der Waals surface area contributed by atoms with Gasteiger partial charge in [0, 0.05) is 29.5 Å². The highest BCUT2D eigenvalue weighted by Crippen LogP contribution is 2.16. The number of carboxylic acids is 1. The van der Waals surface area contributed by atoms with E-state index in [0.29, 0.717) is 12.2 Å². The molecule has 1 atom stereocenters. The number of rotatable bonds is 6. The SMILES string of the molecule is COCC(C)NC(=O)c1csc(C=CC(=O)O)c1. The van der Waals surface area contributed by atoms with Gasteiger partial charge in [0.15, 0.2) is 0 Å². The summed E-state index contributed by atoms with van der Waals surface area (Å²) in [5.41, 5.74) is 0.521. The van der Waals surface area contributed by atoms with Gasteiger partial charge in [-0.3, -0.25) is 4.79 Å². The molecule has 0 spiro atoms. The van der Waals surface area contributed by atoms with E-state index in [2.05, 4.69) is 5.32 Å². The van der Waals surface area contributed by atoms with E-state index in [4.69, 9.17) is 9.84 Å². The van der Waals surface area contributed by atoms with Crippen molar-refractivity contribution >= 4 is 29.3 Å². The second-order valence-corrected chi connectivity index (χ2v) is 4.68. The zero-order valence-corrected chi connectivity index (χ0v) is 11.0. The van der Waals surface area contributed by atoms with E-state index in [1.807, 2.05) is 6.92 Å². The van der Waals surface area contributed by atoms with Crippen molar-refractivity contribution in [3.05, 3.63) is 28.0 Å². The Hall–Kier alpha value is -1.66. The Balaban J connectivity index is 2.62. The molecule has 0 saturated carbocycles. The van der Waals surface area contributed by atoms with Gasteiger partial charge in [-0.15, -0.1) is 11.3 Å². The largest absolute Gasteiger partial charge is 0.478 e. The summed E-state index contributed by atoms with van der Waals surface area (Å²) in [5, 5.41) is 13.0. The highest BCUT2D eigenvalue weighted by Gasteiger charge is 2.10. The van der Waals surface area contributed by atoms with Crippen molar-refractivity contribution in [3.8, 4) is 0 Å². The summed E-state index contributed by atoms with van der Waals surface area (Å²) in [4.78, 5) is 22.9. The predicted molar refractivity (Wildman–Crippen MR) is 69.8 cm³/mol. The fourth-order valence-electron chi connectivity index (χ4n) is 1.31. The summed E-state index contributed by atoms with van der Waals surface area (Å²) in [7, 11) is 1.57. The fraction of sp³-hybridized carbons (Fsp3) is 0.333. The molecule has 1 aromatic rings. The van der Waals surface area contributed by atoms with Crippen LogP contribution in [0.4, 0.5) is 0 Å². The molecule has 98 valence electrons. The summed E-state index contributed by atoms with van der Waals surface area (Å²) in [5.74, 6) is -1.20. The van der Waals surface area contributed by atoms with E-state index >= 15 is 0 Å². The number of aliphatic carboxylic acids is 1. The highest BCUT2D eigenvalue weighted by molar-refractivity contribution is 7.11. The second-order valence-electron chi connectivity index (χ2n) is 3.74. The molecular weight excluding hydrogens is 254 g/mol. The molecule has 0 aliphatic rings. The monoisotopic (exact) mass is 269 g/mol. The maximum Gasteiger partial charge on any atom is 0.328 e. The Morgan fingerprint density at radius 3 is 2.94 bits per heavy atom. The van der Waals surface area contributed by atoms with Crippen LogP contribution < -0.4 is 5.32 Å². The lowest BCUT2D eigenvalue weighted by molar-refractivity contribution is -0.131. The van der Waals surface area contributed by atoms with Gasteiger partial charge in [-0.25, -0.2) is 4.79 Å². The lowest BCUT2D eigenvalue weighted by Crippen LogP contribution is -2.35. The summed E-state index contributed by atoms with van der Waals surface area (Å²) in [6, 6.07) is 1.58. The first-order valence-electron chi connectivity index (χ1n) is 5.32. The minimum atomic E-state index is -1.01. The molecular formula is C12H15NO4S. The average molecular weight is 269 g/mol. The van der Waals surface area contributed by atoms with Crippen molar-refractivity contribution in [2.45, 2.75) is 13.0 Å². The van der Waals surface area contributed by atoms with Gasteiger partial charge in [-0.1, -0.05) is 0 Å². The number of hydrogen-bond acceptors (Lipinski definition) is 4. The van der Waals surface area contributed by atoms with Crippen LogP contribution in [0.2, 0.25) is 0 Å². The Bertz CT molecular complexity index is 453. The maximum atomic E-state index is 11.8. The van der Waals surface area contributed by atoms with Crippen molar-refractivity contribution < 1.29 is 19.4 Å². The van der Waals surface area contributed by atoms with Crippen LogP contribution in [0.1, 0.15) is 22.2 Å². The minimum absolute atomic E-state index is 0.0691. The van der Waals surface area contributed by atoms with E-state index in [-0.39, 0.29) is 11.9 Å². The number of amides is 1. The molecule has 1 aromatic heterocycles. The molecule has 0 aromatic carbocycles. The van der Waals surface area contributed by atoms with E-state index in [0.717, 1.165) is 11.0 Å². The third-order valence-corrected chi connectivity index (χ3v) is 2.96. The Labute approximate surface area is 109 Å². The topological polar surface area (TPSA) is 75.6 Å². The van der Waals surface area contributed by atoms with Gasteiger partial charge in [-0.05, 0) is 19.1 Å². The van der Waals surface area contributed by atoms with E-state index in [1.54, 1.807) is 18.6 Å². The molecule has 0 fully saturated rings. The lowest BCUT2D eigenvalue weighted by atomic mass is 10.2. The van der Waals surface area contributed by atoms with Crippen LogP contribution in [0, 0.1) is 0 Å². The quantitative estimate of drug-likeness (QED) is 0.769. The normalized spacial score (nSPS) is 12.6. The van der Waals surface area contributed by atoms with Gasteiger partial charge < -0.3 is 15.2 Å². The zero-order chi connectivity index (χ0) is 13.5. The van der Waals surface area contributed by atoms with Crippen molar-refractivity contribution in [3.63, 3.8) is 0 Å². The molecule has 1 unspecified atom stereocenters. The standard InChI is InChI=1S/C12H15NO4S/c1-8(6-17-2)13-12(16)9-5-10(18-7-9)3-4-11(14)15/h3-5,7-8H,6H2,1-2H3,(H,13,16)(H,14,15). The number of methoxy groups -OCH3 is 1. The van der Waals surface area contributed by atoms with Crippen LogP contribution in [0.25, 0.3) is 6.08 Å². The van der Waals surface area contributed by atoms with Gasteiger partial charge in [-0.2, -0.15) is 0 Å². The fourth-order valence-corrected chi connectivity index (χ4v) is 2.09. The molecule has 0 radical (unpaired) electrons. The van der Waals surface area contributed by atoms with Crippen LogP contribution in [-0.2, 0) is 9.53 Å². The molecule has 6 heteroatoms. The van der Waals surface area contributed by atoms with Gasteiger partial charge in [0.2, 0.25) is 0 Å². The molecule has 1 heterocycles. The van der Waals surface area contributed by atoms with Crippen LogP contribution in [0.3, 0.4) is 0 Å². The van der Waals surface area contributed by atoms with Gasteiger partial charge in [0.25, 0.3) is 5.91 Å². The molecule has 1 rings (SSSR count). The van der Waals surface area contributed by atoms with Gasteiger partial charge in [0.05, 0.1) is 12.2 Å². The third-order valence-electron chi connectivity index (χ3n) is 2.07. The smallest absolute Gasteiger partial charge is 0.328 e. The summed E-state index contributed by atoms with van der Waals surface area (Å²) in [6.07, 6.45) is 2.50. The molecule has 0 aliphatic heterocycles. The minimum Gasteiger partial charge on any atom is -0.478 e. The van der Waals surface area contributed by atoms with Crippen LogP contribution in [-0.4, -0.2) is 36.7 Å². The van der Waals surface area contributed by atoms with Gasteiger partial charge in [0.1, 0.15) is 0 Å². The Kier molecular flexibility index (Phi) is 5.54. The zero-order valence-electron chi connectivity index (χ0n) is 10.2. The summed E-state index contributed by atoms with van der Waals surface area (Å²) in [6.45, 7) is 2.29. The van der Waals surface area contributed by atoms with E-state index < -0.39 is 5.97 Å². The van der Waals surface area contributed by atoms with Crippen LogP contribution >= 0.6 is 11.3 Å².